The second-order valence-electron chi connectivity index (χ2n) is 15.6. The van der Waals surface area contributed by atoms with Gasteiger partial charge in [0.2, 0.25) is 5.71 Å². The summed E-state index contributed by atoms with van der Waals surface area (Å²) in [4.78, 5) is 16.7. The van der Waals surface area contributed by atoms with Crippen LogP contribution in [0.25, 0.3) is 99.3 Å². The Morgan fingerprint density at radius 1 is 0.371 bits per heavy atom. The molecule has 0 aliphatic carbocycles. The second kappa shape index (κ2) is 14.7. The molecule has 5 nitrogen and oxygen atoms in total. The summed E-state index contributed by atoms with van der Waals surface area (Å²) in [5.74, 6) is 0. The lowest BCUT2D eigenvalue weighted by molar-refractivity contribution is 0.655. The van der Waals surface area contributed by atoms with Crippen molar-refractivity contribution in [3.63, 3.8) is 0 Å². The number of aromatic nitrogens is 3. The Labute approximate surface area is 357 Å². The van der Waals surface area contributed by atoms with Gasteiger partial charge in [-0.3, -0.25) is 4.98 Å². The van der Waals surface area contributed by atoms with E-state index < -0.39 is 0 Å². The molecule has 8 aromatic carbocycles. The molecular weight excluding hydrogens is 757 g/mol. The summed E-state index contributed by atoms with van der Waals surface area (Å²) in [6.07, 6.45) is 3.60. The summed E-state index contributed by atoms with van der Waals surface area (Å²) in [6, 6.07) is 72.9. The van der Waals surface area contributed by atoms with Crippen LogP contribution >= 0.6 is 0 Å². The maximum atomic E-state index is 6.32. The molecule has 0 fully saturated rings. The van der Waals surface area contributed by atoms with Crippen LogP contribution in [0.2, 0.25) is 0 Å². The number of fused-ring (bicyclic) bond motifs is 7. The first-order valence-electron chi connectivity index (χ1n) is 20.8. The Balaban J connectivity index is 0.937. The molecule has 0 radical (unpaired) electrons. The van der Waals surface area contributed by atoms with E-state index in [0.717, 1.165) is 83.5 Å². The molecule has 0 amide bonds. The maximum absolute atomic E-state index is 6.32. The van der Waals surface area contributed by atoms with Crippen LogP contribution in [0.1, 0.15) is 0 Å². The van der Waals surface area contributed by atoms with Gasteiger partial charge < -0.3 is 9.32 Å². The SMILES string of the molecule is c1ccc(-c2nc(-c3ccc(N(c4ccc(-c5ccc6c(ccc7ccccc76)c5)cc4)c4ccc(-c5cccc6c5oc5ncccc56)cc4)cc3)cc3cccnc23)cc1. The third-order valence-electron chi connectivity index (χ3n) is 12.0. The predicted molar refractivity (Wildman–Crippen MR) is 256 cm³/mol. The molecule has 5 heteroatoms. The van der Waals surface area contributed by atoms with Gasteiger partial charge in [0.25, 0.3) is 0 Å². The van der Waals surface area contributed by atoms with Crippen molar-refractivity contribution in [1.29, 1.82) is 0 Å². The molecule has 0 saturated carbocycles. The van der Waals surface area contributed by atoms with E-state index in [1.165, 1.54) is 27.1 Å². The van der Waals surface area contributed by atoms with Gasteiger partial charge in [-0.1, -0.05) is 140 Å². The molecule has 4 aromatic heterocycles. The van der Waals surface area contributed by atoms with Crippen molar-refractivity contribution in [2.24, 2.45) is 0 Å². The Bertz CT molecular complexity index is 3620. The van der Waals surface area contributed by atoms with Gasteiger partial charge in [0.1, 0.15) is 5.58 Å². The zero-order valence-electron chi connectivity index (χ0n) is 33.5. The van der Waals surface area contributed by atoms with Gasteiger partial charge in [0, 0.05) is 62.3 Å². The van der Waals surface area contributed by atoms with Crippen LogP contribution in [-0.4, -0.2) is 15.0 Å². The van der Waals surface area contributed by atoms with E-state index in [1.54, 1.807) is 6.20 Å². The average Bonchev–Trinajstić information content (AvgIpc) is 3.74. The van der Waals surface area contributed by atoms with Gasteiger partial charge in [0.15, 0.2) is 0 Å². The zero-order valence-corrected chi connectivity index (χ0v) is 33.5. The van der Waals surface area contributed by atoms with Crippen LogP contribution < -0.4 is 4.90 Å². The number of anilines is 3. The highest BCUT2D eigenvalue weighted by molar-refractivity contribution is 6.09. The van der Waals surface area contributed by atoms with Gasteiger partial charge in [0.05, 0.1) is 16.9 Å². The molecule has 4 heterocycles. The van der Waals surface area contributed by atoms with E-state index in [-0.39, 0.29) is 0 Å². The number of para-hydroxylation sites is 1. The van der Waals surface area contributed by atoms with Crippen molar-refractivity contribution in [2.45, 2.75) is 0 Å². The smallest absolute Gasteiger partial charge is 0.227 e. The van der Waals surface area contributed by atoms with E-state index in [9.17, 15) is 0 Å². The summed E-state index contributed by atoms with van der Waals surface area (Å²) < 4.78 is 6.32. The van der Waals surface area contributed by atoms with Crippen molar-refractivity contribution >= 4 is 71.6 Å². The molecule has 0 N–H and O–H groups in total. The average molecular weight is 793 g/mol. The van der Waals surface area contributed by atoms with Gasteiger partial charge in [-0.2, -0.15) is 0 Å². The first-order valence-corrected chi connectivity index (χ1v) is 20.8. The van der Waals surface area contributed by atoms with Crippen molar-refractivity contribution in [2.75, 3.05) is 4.90 Å². The molecule has 12 rings (SSSR count). The molecule has 0 unspecified atom stereocenters. The van der Waals surface area contributed by atoms with E-state index in [1.807, 2.05) is 36.5 Å². The summed E-state index contributed by atoms with van der Waals surface area (Å²) in [7, 11) is 0. The molecule has 0 aliphatic rings. The largest absolute Gasteiger partial charge is 0.437 e. The lowest BCUT2D eigenvalue weighted by atomic mass is 9.97. The number of benzene rings is 8. The molecule has 62 heavy (non-hydrogen) atoms. The number of pyridine rings is 3. The number of hydrogen-bond donors (Lipinski definition) is 0. The van der Waals surface area contributed by atoms with Gasteiger partial charge in [-0.15, -0.1) is 0 Å². The minimum absolute atomic E-state index is 0.647. The summed E-state index contributed by atoms with van der Waals surface area (Å²) in [6.45, 7) is 0. The quantitative estimate of drug-likeness (QED) is 0.150. The van der Waals surface area contributed by atoms with Gasteiger partial charge >= 0.3 is 0 Å². The van der Waals surface area contributed by atoms with Crippen molar-refractivity contribution in [3.8, 4) is 44.8 Å². The lowest BCUT2D eigenvalue weighted by Crippen LogP contribution is -2.09. The molecule has 12 aromatic rings. The zero-order chi connectivity index (χ0) is 41.0. The van der Waals surface area contributed by atoms with Crippen LogP contribution in [0.4, 0.5) is 17.1 Å². The van der Waals surface area contributed by atoms with Crippen molar-refractivity contribution in [3.05, 3.63) is 219 Å². The number of furan rings is 1. The highest BCUT2D eigenvalue weighted by Crippen LogP contribution is 2.41. The van der Waals surface area contributed by atoms with E-state index in [0.29, 0.717) is 5.71 Å². The molecule has 0 bridgehead atoms. The number of rotatable bonds is 7. The number of hydrogen-bond acceptors (Lipinski definition) is 5. The maximum Gasteiger partial charge on any atom is 0.227 e. The van der Waals surface area contributed by atoms with Gasteiger partial charge in [-0.05, 0) is 105 Å². The monoisotopic (exact) mass is 792 g/mol. The molecular formula is C57H36N4O. The van der Waals surface area contributed by atoms with Crippen molar-refractivity contribution in [1.82, 2.24) is 15.0 Å². The van der Waals surface area contributed by atoms with E-state index in [4.69, 9.17) is 14.4 Å². The lowest BCUT2D eigenvalue weighted by Gasteiger charge is -2.26. The summed E-state index contributed by atoms with van der Waals surface area (Å²) in [5, 5.41) is 8.15. The summed E-state index contributed by atoms with van der Waals surface area (Å²) >= 11 is 0. The third-order valence-corrected chi connectivity index (χ3v) is 12.0. The van der Waals surface area contributed by atoms with Crippen LogP contribution in [0.15, 0.2) is 223 Å². The molecule has 0 saturated heterocycles. The van der Waals surface area contributed by atoms with Crippen LogP contribution in [0.5, 0.6) is 0 Å². The fourth-order valence-corrected chi connectivity index (χ4v) is 8.90. The first kappa shape index (κ1) is 35.5. The van der Waals surface area contributed by atoms with E-state index in [2.05, 4.69) is 186 Å². The first-order chi connectivity index (χ1) is 30.7. The third kappa shape index (κ3) is 6.14. The fraction of sp³-hybridized carbons (Fsp3) is 0. The van der Waals surface area contributed by atoms with Crippen LogP contribution in [0, 0.1) is 0 Å². The Morgan fingerprint density at radius 3 is 1.79 bits per heavy atom. The highest BCUT2D eigenvalue weighted by atomic mass is 16.3. The van der Waals surface area contributed by atoms with Crippen molar-refractivity contribution < 1.29 is 4.42 Å². The van der Waals surface area contributed by atoms with Crippen LogP contribution in [0.3, 0.4) is 0 Å². The summed E-state index contributed by atoms with van der Waals surface area (Å²) in [5.41, 5.74) is 13.8. The molecule has 0 spiro atoms. The molecule has 0 aliphatic heterocycles. The standard InChI is InChI=1S/C57H36N4O/c1-2-10-41(11-3-1)55-54-44(12-7-33-58-54)36-53(60-55)40-23-30-47(31-24-40)61(46-28-21-39(22-29-46)50-14-6-15-51-52-16-8-34-59-57(52)62-56(50)51)45-26-19-37(20-27-45)42-25-32-49-43(35-42)18-17-38-9-4-5-13-48(38)49/h1-36H. The number of nitrogens with zero attached hydrogens (tertiary/aromatic N) is 4. The molecule has 0 atom stereocenters. The fourth-order valence-electron chi connectivity index (χ4n) is 8.90. The topological polar surface area (TPSA) is 55.1 Å². The predicted octanol–water partition coefficient (Wildman–Crippen LogP) is 15.4. The Kier molecular flexibility index (Phi) is 8.42. The Morgan fingerprint density at radius 2 is 0.984 bits per heavy atom. The Hall–Kier alpha value is -8.41. The van der Waals surface area contributed by atoms with Crippen LogP contribution in [-0.2, 0) is 0 Å². The second-order valence-corrected chi connectivity index (χ2v) is 15.6. The molecule has 290 valence electrons. The van der Waals surface area contributed by atoms with Gasteiger partial charge in [-0.25, -0.2) is 9.97 Å². The normalized spacial score (nSPS) is 11.5. The van der Waals surface area contributed by atoms with E-state index >= 15 is 0 Å². The minimum Gasteiger partial charge on any atom is -0.437 e. The highest BCUT2D eigenvalue weighted by Gasteiger charge is 2.17. The minimum atomic E-state index is 0.647.